The van der Waals surface area contributed by atoms with Crippen molar-refractivity contribution in [1.82, 2.24) is 9.88 Å². The van der Waals surface area contributed by atoms with Crippen LogP contribution in [-0.2, 0) is 13.1 Å². The monoisotopic (exact) mass is 300 g/mol. The topological polar surface area (TPSA) is 47.2 Å². The standard InChI is InChI=1S/C16H16N2O2S/c1-11(2)10-18-13-5-7-21-15(13)8-14(18)16(19)17-9-12-4-3-6-20-12/h3-8H,1,9-10H2,2H3,(H,17,19). The van der Waals surface area contributed by atoms with E-state index in [2.05, 4.69) is 11.9 Å². The molecule has 0 bridgehead atoms. The van der Waals surface area contributed by atoms with E-state index in [9.17, 15) is 4.79 Å². The van der Waals surface area contributed by atoms with E-state index in [0.29, 0.717) is 18.8 Å². The zero-order valence-corrected chi connectivity index (χ0v) is 12.6. The third-order valence-electron chi connectivity index (χ3n) is 3.19. The van der Waals surface area contributed by atoms with Gasteiger partial charge in [0.05, 0.1) is 23.0 Å². The number of aromatic nitrogens is 1. The Bertz CT molecular complexity index is 781. The maximum absolute atomic E-state index is 12.4. The summed E-state index contributed by atoms with van der Waals surface area (Å²) < 4.78 is 8.34. The van der Waals surface area contributed by atoms with Gasteiger partial charge in [0, 0.05) is 6.54 Å². The lowest BCUT2D eigenvalue weighted by Gasteiger charge is -2.10. The average Bonchev–Trinajstić information content (AvgIpc) is 3.13. The summed E-state index contributed by atoms with van der Waals surface area (Å²) in [5.74, 6) is 0.638. The first-order valence-corrected chi connectivity index (χ1v) is 7.55. The normalized spacial score (nSPS) is 10.9. The van der Waals surface area contributed by atoms with Gasteiger partial charge in [-0.25, -0.2) is 0 Å². The van der Waals surface area contributed by atoms with Gasteiger partial charge >= 0.3 is 0 Å². The highest BCUT2D eigenvalue weighted by atomic mass is 32.1. The zero-order chi connectivity index (χ0) is 14.8. The minimum atomic E-state index is -0.101. The first kappa shape index (κ1) is 13.7. The first-order chi connectivity index (χ1) is 10.1. The molecule has 0 spiro atoms. The van der Waals surface area contributed by atoms with Crippen molar-refractivity contribution in [3.05, 3.63) is 59.5 Å². The molecule has 0 aliphatic carbocycles. The molecule has 5 heteroatoms. The van der Waals surface area contributed by atoms with Crippen LogP contribution >= 0.6 is 11.3 Å². The predicted molar refractivity (Wildman–Crippen MR) is 84.5 cm³/mol. The molecule has 3 aromatic rings. The van der Waals surface area contributed by atoms with Crippen molar-refractivity contribution >= 4 is 27.5 Å². The lowest BCUT2D eigenvalue weighted by molar-refractivity contribution is 0.0939. The molecule has 0 fully saturated rings. The van der Waals surface area contributed by atoms with Crippen LogP contribution in [0.15, 0.2) is 52.5 Å². The Hall–Kier alpha value is -2.27. The van der Waals surface area contributed by atoms with Crippen molar-refractivity contribution in [2.24, 2.45) is 0 Å². The second-order valence-electron chi connectivity index (χ2n) is 5.00. The molecule has 0 aromatic carbocycles. The highest BCUT2D eigenvalue weighted by Crippen LogP contribution is 2.26. The highest BCUT2D eigenvalue weighted by molar-refractivity contribution is 7.17. The average molecular weight is 300 g/mol. The molecule has 21 heavy (non-hydrogen) atoms. The van der Waals surface area contributed by atoms with Gasteiger partial charge in [-0.3, -0.25) is 4.79 Å². The molecule has 0 aliphatic rings. The summed E-state index contributed by atoms with van der Waals surface area (Å²) in [4.78, 5) is 12.4. The lowest BCUT2D eigenvalue weighted by atomic mass is 10.3. The molecule has 0 radical (unpaired) electrons. The van der Waals surface area contributed by atoms with E-state index in [-0.39, 0.29) is 5.91 Å². The van der Waals surface area contributed by atoms with Crippen LogP contribution in [0, 0.1) is 0 Å². The van der Waals surface area contributed by atoms with Gasteiger partial charge in [-0.15, -0.1) is 11.3 Å². The van der Waals surface area contributed by atoms with E-state index in [1.807, 2.05) is 35.1 Å². The molecule has 1 N–H and O–H groups in total. The maximum Gasteiger partial charge on any atom is 0.268 e. The van der Waals surface area contributed by atoms with E-state index < -0.39 is 0 Å². The van der Waals surface area contributed by atoms with E-state index in [4.69, 9.17) is 4.42 Å². The number of rotatable bonds is 5. The minimum absolute atomic E-state index is 0.101. The Labute approximate surface area is 126 Å². The first-order valence-electron chi connectivity index (χ1n) is 6.67. The summed E-state index contributed by atoms with van der Waals surface area (Å²) in [5, 5.41) is 4.92. The van der Waals surface area contributed by atoms with Crippen molar-refractivity contribution in [2.75, 3.05) is 0 Å². The second kappa shape index (κ2) is 5.61. The number of allylic oxidation sites excluding steroid dienone is 1. The van der Waals surface area contributed by atoms with Gasteiger partial charge in [-0.1, -0.05) is 12.2 Å². The Morgan fingerprint density at radius 1 is 1.48 bits per heavy atom. The number of thiophene rings is 1. The van der Waals surface area contributed by atoms with Crippen molar-refractivity contribution in [3.8, 4) is 0 Å². The smallest absolute Gasteiger partial charge is 0.268 e. The fourth-order valence-corrected chi connectivity index (χ4v) is 3.10. The molecule has 0 aliphatic heterocycles. The molecule has 0 saturated carbocycles. The van der Waals surface area contributed by atoms with Crippen LogP contribution in [0.4, 0.5) is 0 Å². The zero-order valence-electron chi connectivity index (χ0n) is 11.8. The molecule has 0 atom stereocenters. The molecule has 3 heterocycles. The molecular weight excluding hydrogens is 284 g/mol. The predicted octanol–water partition coefficient (Wildman–Crippen LogP) is 3.80. The number of carbonyl (C=O) groups is 1. The van der Waals surface area contributed by atoms with Crippen LogP contribution in [0.1, 0.15) is 23.2 Å². The summed E-state index contributed by atoms with van der Waals surface area (Å²) in [5.41, 5.74) is 2.75. The quantitative estimate of drug-likeness (QED) is 0.728. The van der Waals surface area contributed by atoms with Gasteiger partial charge in [0.25, 0.3) is 5.91 Å². The van der Waals surface area contributed by atoms with Gasteiger partial charge in [-0.2, -0.15) is 0 Å². The lowest BCUT2D eigenvalue weighted by Crippen LogP contribution is -2.25. The van der Waals surface area contributed by atoms with Crippen molar-refractivity contribution in [1.29, 1.82) is 0 Å². The van der Waals surface area contributed by atoms with E-state index in [1.165, 1.54) is 0 Å². The Morgan fingerprint density at radius 3 is 3.05 bits per heavy atom. The third-order valence-corrected chi connectivity index (χ3v) is 4.04. The van der Waals surface area contributed by atoms with Crippen molar-refractivity contribution < 1.29 is 9.21 Å². The Balaban J connectivity index is 1.86. The number of fused-ring (bicyclic) bond motifs is 1. The summed E-state index contributed by atoms with van der Waals surface area (Å²) >= 11 is 1.63. The van der Waals surface area contributed by atoms with E-state index in [0.717, 1.165) is 21.5 Å². The summed E-state index contributed by atoms with van der Waals surface area (Å²) in [6.07, 6.45) is 1.60. The molecular formula is C16H16N2O2S. The number of nitrogens with one attached hydrogen (secondary N) is 1. The summed E-state index contributed by atoms with van der Waals surface area (Å²) in [6, 6.07) is 7.61. The van der Waals surface area contributed by atoms with Gasteiger partial charge in [0.2, 0.25) is 0 Å². The fraction of sp³-hybridized carbons (Fsp3) is 0.188. The van der Waals surface area contributed by atoms with E-state index in [1.54, 1.807) is 23.7 Å². The molecule has 3 aromatic heterocycles. The van der Waals surface area contributed by atoms with Crippen molar-refractivity contribution in [3.63, 3.8) is 0 Å². The third kappa shape index (κ3) is 2.78. The molecule has 0 saturated heterocycles. The SMILES string of the molecule is C=C(C)Cn1c(C(=O)NCc2ccco2)cc2sccc21. The van der Waals surface area contributed by atoms with Gasteiger partial charge in [-0.05, 0) is 36.6 Å². The number of furan rings is 1. The Morgan fingerprint density at radius 2 is 2.33 bits per heavy atom. The van der Waals surface area contributed by atoms with Crippen LogP contribution in [-0.4, -0.2) is 10.5 Å². The van der Waals surface area contributed by atoms with Crippen LogP contribution in [0.2, 0.25) is 0 Å². The van der Waals surface area contributed by atoms with Crippen LogP contribution < -0.4 is 5.32 Å². The van der Waals surface area contributed by atoms with Crippen molar-refractivity contribution in [2.45, 2.75) is 20.0 Å². The van der Waals surface area contributed by atoms with Gasteiger partial charge in [0.1, 0.15) is 11.5 Å². The minimum Gasteiger partial charge on any atom is -0.467 e. The largest absolute Gasteiger partial charge is 0.467 e. The molecule has 3 rings (SSSR count). The number of hydrogen-bond acceptors (Lipinski definition) is 3. The molecule has 0 unspecified atom stereocenters. The van der Waals surface area contributed by atoms with Crippen LogP contribution in [0.25, 0.3) is 10.2 Å². The van der Waals surface area contributed by atoms with E-state index >= 15 is 0 Å². The second-order valence-corrected chi connectivity index (χ2v) is 5.95. The fourth-order valence-electron chi connectivity index (χ4n) is 2.28. The van der Waals surface area contributed by atoms with Gasteiger partial charge in [0.15, 0.2) is 0 Å². The van der Waals surface area contributed by atoms with Gasteiger partial charge < -0.3 is 14.3 Å². The number of carbonyl (C=O) groups excluding carboxylic acids is 1. The highest BCUT2D eigenvalue weighted by Gasteiger charge is 2.16. The summed E-state index contributed by atoms with van der Waals surface area (Å²) in [7, 11) is 0. The molecule has 4 nitrogen and oxygen atoms in total. The molecule has 1 amide bonds. The maximum atomic E-state index is 12.4. The Kier molecular flexibility index (Phi) is 3.66. The van der Waals surface area contributed by atoms with Crippen LogP contribution in [0.5, 0.6) is 0 Å². The number of nitrogens with zero attached hydrogens (tertiary/aromatic N) is 1. The molecule has 108 valence electrons. The van der Waals surface area contributed by atoms with Crippen LogP contribution in [0.3, 0.4) is 0 Å². The summed E-state index contributed by atoms with van der Waals surface area (Å²) in [6.45, 7) is 6.93. The number of hydrogen-bond donors (Lipinski definition) is 1. The number of amides is 1.